The molecular weight excluding hydrogens is 432 g/mol. The van der Waals surface area contributed by atoms with Crippen molar-refractivity contribution < 1.29 is 29.0 Å². The maximum Gasteiger partial charge on any atom is 0.407 e. The predicted octanol–water partition coefficient (Wildman–Crippen LogP) is 0.435. The Morgan fingerprint density at radius 3 is 2.94 bits per heavy atom. The number of amides is 2. The maximum atomic E-state index is 12.4. The number of hydrogen-bond donors (Lipinski definition) is 4. The molecule has 0 aliphatic carbocycles. The smallest absolute Gasteiger partial charge is 0.407 e. The van der Waals surface area contributed by atoms with Crippen LogP contribution in [0, 0.1) is 0 Å². The van der Waals surface area contributed by atoms with Crippen LogP contribution in [0.3, 0.4) is 0 Å². The number of aryl methyl sites for hydroxylation is 3. The Balaban J connectivity index is 1.47. The number of carbonyl (C=O) groups excluding carboxylic acids is 2. The summed E-state index contributed by atoms with van der Waals surface area (Å²) in [5, 5.41) is 21.4. The molecule has 178 valence electrons. The van der Waals surface area contributed by atoms with Crippen LogP contribution in [-0.2, 0) is 33.7 Å². The number of carbonyl (C=O) groups is 3. The van der Waals surface area contributed by atoms with E-state index in [4.69, 9.17) is 9.47 Å². The first kappa shape index (κ1) is 24.0. The fourth-order valence-corrected chi connectivity index (χ4v) is 3.24. The molecule has 0 saturated heterocycles. The summed E-state index contributed by atoms with van der Waals surface area (Å²) in [7, 11) is 1.45. The lowest BCUT2D eigenvalue weighted by Gasteiger charge is -2.17. The first-order valence-corrected chi connectivity index (χ1v) is 10.6. The van der Waals surface area contributed by atoms with E-state index in [1.54, 1.807) is 10.9 Å². The van der Waals surface area contributed by atoms with Crippen molar-refractivity contribution in [3.8, 4) is 0 Å². The molecule has 0 fully saturated rings. The van der Waals surface area contributed by atoms with Crippen LogP contribution >= 0.6 is 0 Å². The van der Waals surface area contributed by atoms with Crippen molar-refractivity contribution in [2.45, 2.75) is 31.8 Å². The second kappa shape index (κ2) is 11.8. The molecule has 1 aliphatic rings. The number of pyridine rings is 1. The number of methoxy groups -OCH3 is 1. The van der Waals surface area contributed by atoms with E-state index in [1.807, 2.05) is 6.07 Å². The Morgan fingerprint density at radius 2 is 2.15 bits per heavy atom. The van der Waals surface area contributed by atoms with Crippen LogP contribution in [0.5, 0.6) is 0 Å². The molecule has 2 aromatic heterocycles. The Bertz CT molecular complexity index is 978. The minimum atomic E-state index is -1.34. The van der Waals surface area contributed by atoms with Crippen molar-refractivity contribution in [2.75, 3.05) is 38.7 Å². The molecule has 0 saturated carbocycles. The normalized spacial score (nSPS) is 13.4. The fourth-order valence-electron chi connectivity index (χ4n) is 3.24. The third-order valence-electron chi connectivity index (χ3n) is 5.02. The molecule has 0 bridgehead atoms. The van der Waals surface area contributed by atoms with Crippen molar-refractivity contribution in [1.82, 2.24) is 25.4 Å². The number of nitrogens with one attached hydrogen (secondary N) is 3. The summed E-state index contributed by atoms with van der Waals surface area (Å²) < 4.78 is 11.2. The average molecular weight is 460 g/mol. The van der Waals surface area contributed by atoms with Crippen molar-refractivity contribution in [2.24, 2.45) is 0 Å². The van der Waals surface area contributed by atoms with E-state index in [1.165, 1.54) is 18.9 Å². The largest absolute Gasteiger partial charge is 0.480 e. The Kier molecular flexibility index (Phi) is 8.58. The molecule has 1 aliphatic heterocycles. The minimum Gasteiger partial charge on any atom is -0.480 e. The molecule has 4 N–H and O–H groups in total. The summed E-state index contributed by atoms with van der Waals surface area (Å²) in [5.41, 5.74) is 2.43. The monoisotopic (exact) mass is 460 g/mol. The zero-order chi connectivity index (χ0) is 23.6. The Morgan fingerprint density at radius 1 is 1.30 bits per heavy atom. The van der Waals surface area contributed by atoms with Gasteiger partial charge in [-0.25, -0.2) is 14.6 Å². The quantitative estimate of drug-likeness (QED) is 0.349. The zero-order valence-electron chi connectivity index (χ0n) is 18.4. The highest BCUT2D eigenvalue weighted by atomic mass is 16.6. The number of fused-ring (bicyclic) bond motifs is 1. The average Bonchev–Trinajstić information content (AvgIpc) is 3.29. The summed E-state index contributed by atoms with van der Waals surface area (Å²) in [6, 6.07) is 2.75. The number of hydrogen-bond acceptors (Lipinski definition) is 8. The van der Waals surface area contributed by atoms with E-state index < -0.39 is 24.0 Å². The van der Waals surface area contributed by atoms with Crippen LogP contribution in [0.25, 0.3) is 0 Å². The van der Waals surface area contributed by atoms with E-state index >= 15 is 0 Å². The second-order valence-corrected chi connectivity index (χ2v) is 7.46. The molecule has 0 unspecified atom stereocenters. The number of carboxylic acid groups (broad SMARTS) is 1. The molecule has 1 atom stereocenters. The van der Waals surface area contributed by atoms with Gasteiger partial charge >= 0.3 is 12.1 Å². The van der Waals surface area contributed by atoms with E-state index in [-0.39, 0.29) is 25.3 Å². The van der Waals surface area contributed by atoms with Crippen LogP contribution in [0.1, 0.15) is 28.0 Å². The molecule has 2 aromatic rings. The van der Waals surface area contributed by atoms with Crippen LogP contribution in [0.4, 0.5) is 10.6 Å². The summed E-state index contributed by atoms with van der Waals surface area (Å²) in [6.07, 6.45) is 4.85. The van der Waals surface area contributed by atoms with Crippen LogP contribution < -0.4 is 16.0 Å². The number of alkyl carbamates (subject to hydrolysis) is 1. The molecule has 12 heteroatoms. The number of anilines is 1. The highest BCUT2D eigenvalue weighted by Crippen LogP contribution is 2.19. The third kappa shape index (κ3) is 7.17. The Hall–Kier alpha value is -3.67. The predicted molar refractivity (Wildman–Crippen MR) is 117 cm³/mol. The second-order valence-electron chi connectivity index (χ2n) is 7.46. The molecule has 0 radical (unpaired) electrons. The van der Waals surface area contributed by atoms with E-state index in [0.717, 1.165) is 30.9 Å². The number of ether oxygens (including phenoxy) is 2. The molecule has 3 rings (SSSR count). The summed E-state index contributed by atoms with van der Waals surface area (Å²) >= 11 is 0. The van der Waals surface area contributed by atoms with Gasteiger partial charge in [0.15, 0.2) is 0 Å². The van der Waals surface area contributed by atoms with Gasteiger partial charge in [-0.15, -0.1) is 0 Å². The van der Waals surface area contributed by atoms with Crippen LogP contribution in [-0.4, -0.2) is 77.3 Å². The SMILES string of the molecule is COCCOC(=O)N[C@@H](CNC(=O)c1cnn(CCc2ccc3c(n2)NCCC3)c1)C(=O)O. The van der Waals surface area contributed by atoms with Gasteiger partial charge in [0.05, 0.1) is 18.4 Å². The maximum absolute atomic E-state index is 12.4. The lowest BCUT2D eigenvalue weighted by Crippen LogP contribution is -2.48. The standard InChI is InChI=1S/C21H28N6O6/c1-32-9-10-33-21(31)26-17(20(29)30)12-23-19(28)15-11-24-27(13-15)8-6-16-5-4-14-3-2-7-22-18(14)25-16/h4-5,11,13,17H,2-3,6-10,12H2,1H3,(H,22,25)(H,23,28)(H,26,31)(H,29,30)/t17-/m0/s1. The molecule has 33 heavy (non-hydrogen) atoms. The van der Waals surface area contributed by atoms with Crippen LogP contribution in [0.15, 0.2) is 24.5 Å². The molecule has 2 amide bonds. The van der Waals surface area contributed by atoms with Gasteiger partial charge in [-0.05, 0) is 24.5 Å². The zero-order valence-corrected chi connectivity index (χ0v) is 18.4. The van der Waals surface area contributed by atoms with Crippen molar-refractivity contribution in [3.63, 3.8) is 0 Å². The van der Waals surface area contributed by atoms with E-state index in [2.05, 4.69) is 32.1 Å². The summed E-state index contributed by atoms with van der Waals surface area (Å²) in [4.78, 5) is 40.0. The lowest BCUT2D eigenvalue weighted by molar-refractivity contribution is -0.139. The molecule has 3 heterocycles. The number of aromatic nitrogens is 3. The fraction of sp³-hybridized carbons (Fsp3) is 0.476. The van der Waals surface area contributed by atoms with Gasteiger partial charge in [-0.2, -0.15) is 5.10 Å². The number of carboxylic acids is 1. The van der Waals surface area contributed by atoms with Gasteiger partial charge in [0.1, 0.15) is 18.5 Å². The summed E-state index contributed by atoms with van der Waals surface area (Å²) in [5.74, 6) is -0.872. The van der Waals surface area contributed by atoms with Crippen molar-refractivity contribution in [3.05, 3.63) is 41.3 Å². The van der Waals surface area contributed by atoms with Gasteiger partial charge in [0.2, 0.25) is 0 Å². The van der Waals surface area contributed by atoms with Gasteiger partial charge < -0.3 is 30.5 Å². The highest BCUT2D eigenvalue weighted by Gasteiger charge is 2.22. The first-order valence-electron chi connectivity index (χ1n) is 10.6. The lowest BCUT2D eigenvalue weighted by atomic mass is 10.1. The topological polar surface area (TPSA) is 157 Å². The Labute approximate surface area is 190 Å². The minimum absolute atomic E-state index is 0.0162. The van der Waals surface area contributed by atoms with E-state index in [9.17, 15) is 19.5 Å². The number of aliphatic carboxylic acids is 1. The van der Waals surface area contributed by atoms with Gasteiger partial charge in [-0.3, -0.25) is 9.48 Å². The van der Waals surface area contributed by atoms with E-state index in [0.29, 0.717) is 13.0 Å². The molecule has 0 aromatic carbocycles. The number of nitrogens with zero attached hydrogens (tertiary/aromatic N) is 3. The van der Waals surface area contributed by atoms with Gasteiger partial charge in [0, 0.05) is 45.1 Å². The van der Waals surface area contributed by atoms with Gasteiger partial charge in [-0.1, -0.05) is 6.07 Å². The first-order chi connectivity index (χ1) is 16.0. The van der Waals surface area contributed by atoms with Gasteiger partial charge in [0.25, 0.3) is 5.91 Å². The number of rotatable bonds is 11. The summed E-state index contributed by atoms with van der Waals surface area (Å²) in [6.45, 7) is 1.31. The molecule has 12 nitrogen and oxygen atoms in total. The molecular formula is C21H28N6O6. The highest BCUT2D eigenvalue weighted by molar-refractivity contribution is 5.94. The molecule has 0 spiro atoms. The van der Waals surface area contributed by atoms with Crippen LogP contribution in [0.2, 0.25) is 0 Å². The third-order valence-corrected chi connectivity index (χ3v) is 5.02. The van der Waals surface area contributed by atoms with Crippen molar-refractivity contribution in [1.29, 1.82) is 0 Å². The van der Waals surface area contributed by atoms with Crippen molar-refractivity contribution >= 4 is 23.8 Å².